The summed E-state index contributed by atoms with van der Waals surface area (Å²) in [7, 11) is 0. The SMILES string of the molecule is CCC(CC)n1ccc(CC(O)c2cc(Br)ccc2Cl)n1. The summed E-state index contributed by atoms with van der Waals surface area (Å²) in [6.45, 7) is 4.32. The van der Waals surface area contributed by atoms with Crippen molar-refractivity contribution in [3.63, 3.8) is 0 Å². The zero-order valence-electron chi connectivity index (χ0n) is 12.3. The van der Waals surface area contributed by atoms with Crippen LogP contribution in [0.2, 0.25) is 5.02 Å². The van der Waals surface area contributed by atoms with Gasteiger partial charge in [-0.15, -0.1) is 0 Å². The third-order valence-corrected chi connectivity index (χ3v) is 4.54. The van der Waals surface area contributed by atoms with Crippen LogP contribution in [0.3, 0.4) is 0 Å². The first-order chi connectivity index (χ1) is 10.0. The van der Waals surface area contributed by atoms with E-state index in [-0.39, 0.29) is 0 Å². The molecular formula is C16H20BrClN2O. The van der Waals surface area contributed by atoms with Gasteiger partial charge in [-0.25, -0.2) is 0 Å². The van der Waals surface area contributed by atoms with Crippen molar-refractivity contribution in [3.8, 4) is 0 Å². The summed E-state index contributed by atoms with van der Waals surface area (Å²) < 4.78 is 2.90. The normalized spacial score (nSPS) is 12.9. The third-order valence-electron chi connectivity index (χ3n) is 3.70. The van der Waals surface area contributed by atoms with Crippen molar-refractivity contribution >= 4 is 27.5 Å². The van der Waals surface area contributed by atoms with Gasteiger partial charge in [0.05, 0.1) is 17.8 Å². The second-order valence-electron chi connectivity index (χ2n) is 5.14. The van der Waals surface area contributed by atoms with E-state index in [0.29, 0.717) is 17.5 Å². The highest BCUT2D eigenvalue weighted by atomic mass is 79.9. The largest absolute Gasteiger partial charge is 0.388 e. The standard InChI is InChI=1S/C16H20BrClN2O/c1-3-13(4-2)20-8-7-12(19-20)10-16(21)14-9-11(17)5-6-15(14)18/h5-9,13,16,21H,3-4,10H2,1-2H3. The molecule has 1 unspecified atom stereocenters. The van der Waals surface area contributed by atoms with Crippen LogP contribution in [0, 0.1) is 0 Å². The maximum Gasteiger partial charge on any atom is 0.0860 e. The van der Waals surface area contributed by atoms with E-state index in [1.807, 2.05) is 29.1 Å². The highest BCUT2D eigenvalue weighted by molar-refractivity contribution is 9.10. The molecule has 0 amide bonds. The van der Waals surface area contributed by atoms with Crippen LogP contribution in [0.5, 0.6) is 0 Å². The molecular weight excluding hydrogens is 352 g/mol. The van der Waals surface area contributed by atoms with Gasteiger partial charge in [-0.2, -0.15) is 5.10 Å². The Balaban J connectivity index is 2.12. The number of aromatic nitrogens is 2. The molecule has 5 heteroatoms. The average molecular weight is 372 g/mol. The van der Waals surface area contributed by atoms with E-state index in [2.05, 4.69) is 34.9 Å². The van der Waals surface area contributed by atoms with E-state index in [4.69, 9.17) is 11.6 Å². The summed E-state index contributed by atoms with van der Waals surface area (Å²) in [5, 5.41) is 15.5. The number of aliphatic hydroxyl groups is 1. The molecule has 1 heterocycles. The molecule has 0 radical (unpaired) electrons. The van der Waals surface area contributed by atoms with Gasteiger partial charge in [-0.3, -0.25) is 4.68 Å². The first-order valence-corrected chi connectivity index (χ1v) is 8.39. The molecule has 1 N–H and O–H groups in total. The molecule has 2 rings (SSSR count). The monoisotopic (exact) mass is 370 g/mol. The lowest BCUT2D eigenvalue weighted by molar-refractivity contribution is 0.177. The average Bonchev–Trinajstić information content (AvgIpc) is 2.91. The Morgan fingerprint density at radius 1 is 1.29 bits per heavy atom. The predicted molar refractivity (Wildman–Crippen MR) is 89.7 cm³/mol. The van der Waals surface area contributed by atoms with Gasteiger partial charge in [0.2, 0.25) is 0 Å². The predicted octanol–water partition coefficient (Wildman–Crippen LogP) is 4.94. The molecule has 0 aliphatic carbocycles. The van der Waals surface area contributed by atoms with E-state index in [1.165, 1.54) is 0 Å². The van der Waals surface area contributed by atoms with Crippen molar-refractivity contribution in [2.75, 3.05) is 0 Å². The van der Waals surface area contributed by atoms with E-state index in [1.54, 1.807) is 6.07 Å². The minimum atomic E-state index is -0.653. The first kappa shape index (κ1) is 16.5. The Bertz CT molecular complexity index is 596. The Morgan fingerprint density at radius 3 is 2.67 bits per heavy atom. The summed E-state index contributed by atoms with van der Waals surface area (Å²) in [6.07, 6.45) is 3.90. The second-order valence-corrected chi connectivity index (χ2v) is 6.47. The topological polar surface area (TPSA) is 38.0 Å². The molecule has 0 fully saturated rings. The zero-order chi connectivity index (χ0) is 15.4. The lowest BCUT2D eigenvalue weighted by Gasteiger charge is -2.14. The van der Waals surface area contributed by atoms with Crippen LogP contribution in [0.1, 0.15) is 50.1 Å². The Kier molecular flexibility index (Phi) is 5.85. The maximum atomic E-state index is 10.4. The van der Waals surface area contributed by atoms with Gasteiger partial charge in [0.15, 0.2) is 0 Å². The number of hydrogen-bond acceptors (Lipinski definition) is 2. The smallest absolute Gasteiger partial charge is 0.0860 e. The summed E-state index contributed by atoms with van der Waals surface area (Å²) in [4.78, 5) is 0. The molecule has 1 atom stereocenters. The minimum absolute atomic E-state index is 0.422. The van der Waals surface area contributed by atoms with Gasteiger partial charge < -0.3 is 5.11 Å². The lowest BCUT2D eigenvalue weighted by atomic mass is 10.1. The molecule has 3 nitrogen and oxygen atoms in total. The van der Waals surface area contributed by atoms with Crippen LogP contribution >= 0.6 is 27.5 Å². The molecule has 114 valence electrons. The van der Waals surface area contributed by atoms with Crippen molar-refractivity contribution in [2.45, 2.75) is 45.3 Å². The summed E-state index contributed by atoms with van der Waals surface area (Å²) in [5.74, 6) is 0. The molecule has 0 bridgehead atoms. The molecule has 1 aromatic heterocycles. The number of halogens is 2. The summed E-state index contributed by atoms with van der Waals surface area (Å²) >= 11 is 9.55. The molecule has 0 saturated heterocycles. The fourth-order valence-corrected chi connectivity index (χ4v) is 3.05. The van der Waals surface area contributed by atoms with Crippen molar-refractivity contribution in [2.24, 2.45) is 0 Å². The van der Waals surface area contributed by atoms with Crippen LogP contribution in [0.25, 0.3) is 0 Å². The fourth-order valence-electron chi connectivity index (χ4n) is 2.43. The van der Waals surface area contributed by atoms with E-state index in [0.717, 1.165) is 28.6 Å². The first-order valence-electron chi connectivity index (χ1n) is 7.22. The van der Waals surface area contributed by atoms with Gasteiger partial charge in [0.1, 0.15) is 0 Å². The Labute approximate surface area is 139 Å². The van der Waals surface area contributed by atoms with E-state index < -0.39 is 6.10 Å². The number of hydrogen-bond donors (Lipinski definition) is 1. The van der Waals surface area contributed by atoms with Crippen molar-refractivity contribution in [3.05, 3.63) is 51.2 Å². The van der Waals surface area contributed by atoms with E-state index in [9.17, 15) is 5.11 Å². The fraction of sp³-hybridized carbons (Fsp3) is 0.438. The molecule has 0 aliphatic heterocycles. The summed E-state index contributed by atoms with van der Waals surface area (Å²) in [6, 6.07) is 7.89. The number of nitrogens with zero attached hydrogens (tertiary/aromatic N) is 2. The van der Waals surface area contributed by atoms with Gasteiger partial charge in [0.25, 0.3) is 0 Å². The molecule has 0 aliphatic rings. The van der Waals surface area contributed by atoms with Gasteiger partial charge in [-0.05, 0) is 37.1 Å². The minimum Gasteiger partial charge on any atom is -0.388 e. The van der Waals surface area contributed by atoms with Gasteiger partial charge in [0, 0.05) is 27.7 Å². The number of aliphatic hydroxyl groups excluding tert-OH is 1. The maximum absolute atomic E-state index is 10.4. The number of rotatable bonds is 6. The molecule has 1 aromatic carbocycles. The van der Waals surface area contributed by atoms with Gasteiger partial charge >= 0.3 is 0 Å². The number of benzene rings is 1. The van der Waals surface area contributed by atoms with Crippen LogP contribution < -0.4 is 0 Å². The molecule has 0 saturated carbocycles. The van der Waals surface area contributed by atoms with Crippen molar-refractivity contribution < 1.29 is 5.11 Å². The Hall–Kier alpha value is -0.840. The summed E-state index contributed by atoms with van der Waals surface area (Å²) in [5.41, 5.74) is 1.61. The zero-order valence-corrected chi connectivity index (χ0v) is 14.6. The highest BCUT2D eigenvalue weighted by Crippen LogP contribution is 2.28. The molecule has 0 spiro atoms. The Morgan fingerprint density at radius 2 is 2.00 bits per heavy atom. The third kappa shape index (κ3) is 4.09. The molecule has 2 aromatic rings. The highest BCUT2D eigenvalue weighted by Gasteiger charge is 2.15. The van der Waals surface area contributed by atoms with Crippen LogP contribution in [-0.4, -0.2) is 14.9 Å². The van der Waals surface area contributed by atoms with Crippen molar-refractivity contribution in [1.82, 2.24) is 9.78 Å². The van der Waals surface area contributed by atoms with Crippen molar-refractivity contribution in [1.29, 1.82) is 0 Å². The van der Waals surface area contributed by atoms with Crippen LogP contribution in [-0.2, 0) is 6.42 Å². The van der Waals surface area contributed by atoms with Crippen LogP contribution in [0.4, 0.5) is 0 Å². The quantitative estimate of drug-likeness (QED) is 0.781. The lowest BCUT2D eigenvalue weighted by Crippen LogP contribution is -2.09. The molecule has 21 heavy (non-hydrogen) atoms. The van der Waals surface area contributed by atoms with Gasteiger partial charge in [-0.1, -0.05) is 41.4 Å². The van der Waals surface area contributed by atoms with E-state index >= 15 is 0 Å². The van der Waals surface area contributed by atoms with Crippen LogP contribution in [0.15, 0.2) is 34.9 Å². The second kappa shape index (κ2) is 7.43.